The van der Waals surface area contributed by atoms with Crippen LogP contribution in [0.15, 0.2) is 24.3 Å². The molecule has 5 nitrogen and oxygen atoms in total. The number of hydrogen-bond acceptors (Lipinski definition) is 4. The van der Waals surface area contributed by atoms with E-state index in [9.17, 15) is 4.79 Å². The Morgan fingerprint density at radius 3 is 2.87 bits per heavy atom. The maximum atomic E-state index is 12.1. The van der Waals surface area contributed by atoms with Crippen LogP contribution in [0.3, 0.4) is 0 Å². The van der Waals surface area contributed by atoms with Crippen LogP contribution < -0.4 is 10.1 Å². The molecule has 0 bridgehead atoms. The van der Waals surface area contributed by atoms with Gasteiger partial charge in [-0.3, -0.25) is 9.69 Å². The monoisotopic (exact) mass is 338 g/mol. The highest BCUT2D eigenvalue weighted by molar-refractivity contribution is 6.32. The number of halogens is 1. The van der Waals surface area contributed by atoms with Gasteiger partial charge in [0.05, 0.1) is 11.6 Å². The number of ether oxygens (including phenoxy) is 2. The molecule has 2 saturated heterocycles. The van der Waals surface area contributed by atoms with Gasteiger partial charge in [-0.15, -0.1) is 0 Å². The molecule has 0 radical (unpaired) electrons. The zero-order valence-corrected chi connectivity index (χ0v) is 13.9. The number of para-hydroxylation sites is 1. The lowest BCUT2D eigenvalue weighted by Crippen LogP contribution is -2.44. The Morgan fingerprint density at radius 1 is 1.30 bits per heavy atom. The molecule has 126 valence electrons. The first-order valence-electron chi connectivity index (χ1n) is 8.21. The molecule has 3 rings (SSSR count). The van der Waals surface area contributed by atoms with Crippen LogP contribution in [-0.2, 0) is 9.53 Å². The van der Waals surface area contributed by atoms with Crippen molar-refractivity contribution >= 4 is 17.5 Å². The summed E-state index contributed by atoms with van der Waals surface area (Å²) in [5.74, 6) is 0.808. The molecular formula is C17H23ClN2O3. The second kappa shape index (κ2) is 7.99. The van der Waals surface area contributed by atoms with Crippen LogP contribution >= 0.6 is 11.6 Å². The number of carbonyl (C=O) groups is 1. The first-order valence-corrected chi connectivity index (χ1v) is 8.59. The lowest BCUT2D eigenvalue weighted by atomic mass is 10.1. The van der Waals surface area contributed by atoms with Crippen LogP contribution in [-0.4, -0.2) is 55.8 Å². The number of hydrogen-bond donors (Lipinski definition) is 1. The second-order valence-electron chi connectivity index (χ2n) is 6.15. The minimum atomic E-state index is 0.0887. The van der Waals surface area contributed by atoms with Gasteiger partial charge < -0.3 is 14.8 Å². The third kappa shape index (κ3) is 4.83. The van der Waals surface area contributed by atoms with E-state index >= 15 is 0 Å². The summed E-state index contributed by atoms with van der Waals surface area (Å²) in [5, 5.41) is 3.72. The summed E-state index contributed by atoms with van der Waals surface area (Å²) in [6.07, 6.45) is 2.81. The summed E-state index contributed by atoms with van der Waals surface area (Å²) in [7, 11) is 0. The minimum Gasteiger partial charge on any atom is -0.487 e. The fourth-order valence-electron chi connectivity index (χ4n) is 3.08. The normalized spacial score (nSPS) is 22.9. The van der Waals surface area contributed by atoms with E-state index in [4.69, 9.17) is 21.1 Å². The fraction of sp³-hybridized carbons (Fsp3) is 0.588. The highest BCUT2D eigenvalue weighted by Crippen LogP contribution is 2.26. The molecule has 2 aliphatic heterocycles. The maximum Gasteiger partial charge on any atom is 0.234 e. The summed E-state index contributed by atoms with van der Waals surface area (Å²) >= 11 is 6.12. The molecule has 2 aliphatic rings. The zero-order valence-electron chi connectivity index (χ0n) is 13.2. The molecule has 6 heteroatoms. The average Bonchev–Trinajstić information content (AvgIpc) is 2.97. The molecule has 1 atom stereocenters. The van der Waals surface area contributed by atoms with Gasteiger partial charge in [-0.05, 0) is 31.4 Å². The summed E-state index contributed by atoms with van der Waals surface area (Å²) in [6, 6.07) is 7.76. The van der Waals surface area contributed by atoms with Crippen molar-refractivity contribution in [3.63, 3.8) is 0 Å². The number of likely N-dealkylation sites (tertiary alicyclic amines) is 1. The number of rotatable bonds is 5. The Balaban J connectivity index is 1.42. The van der Waals surface area contributed by atoms with E-state index in [1.807, 2.05) is 24.3 Å². The lowest BCUT2D eigenvalue weighted by Gasteiger charge is -2.24. The SMILES string of the molecule is O=C(CN1CCC(Oc2ccccc2Cl)C1)NC1CCOCC1. The van der Waals surface area contributed by atoms with Gasteiger partial charge in [0.2, 0.25) is 5.91 Å². The van der Waals surface area contributed by atoms with Gasteiger partial charge in [-0.1, -0.05) is 23.7 Å². The lowest BCUT2D eigenvalue weighted by molar-refractivity contribution is -0.123. The average molecular weight is 339 g/mol. The number of nitrogens with one attached hydrogen (secondary N) is 1. The summed E-state index contributed by atoms with van der Waals surface area (Å²) in [4.78, 5) is 14.3. The molecular weight excluding hydrogens is 316 g/mol. The molecule has 1 N–H and O–H groups in total. The van der Waals surface area contributed by atoms with Gasteiger partial charge in [-0.2, -0.15) is 0 Å². The van der Waals surface area contributed by atoms with E-state index in [0.717, 1.165) is 45.6 Å². The highest BCUT2D eigenvalue weighted by atomic mass is 35.5. The molecule has 0 spiro atoms. The first-order chi connectivity index (χ1) is 11.2. The molecule has 23 heavy (non-hydrogen) atoms. The third-order valence-electron chi connectivity index (χ3n) is 4.31. The number of nitrogens with zero attached hydrogens (tertiary/aromatic N) is 1. The van der Waals surface area contributed by atoms with E-state index in [1.165, 1.54) is 0 Å². The smallest absolute Gasteiger partial charge is 0.234 e. The molecule has 0 aliphatic carbocycles. The Bertz CT molecular complexity index is 534. The maximum absolute atomic E-state index is 12.1. The van der Waals surface area contributed by atoms with Crippen molar-refractivity contribution in [3.8, 4) is 5.75 Å². The number of carbonyl (C=O) groups excluding carboxylic acids is 1. The zero-order chi connectivity index (χ0) is 16.1. The van der Waals surface area contributed by atoms with E-state index in [1.54, 1.807) is 0 Å². The molecule has 0 aromatic heterocycles. The van der Waals surface area contributed by atoms with E-state index in [2.05, 4.69) is 10.2 Å². The fourth-order valence-corrected chi connectivity index (χ4v) is 3.26. The predicted octanol–water partition coefficient (Wildman–Crippen LogP) is 2.09. The van der Waals surface area contributed by atoms with E-state index in [-0.39, 0.29) is 18.1 Å². The van der Waals surface area contributed by atoms with Crippen molar-refractivity contribution in [2.45, 2.75) is 31.4 Å². The Hall–Kier alpha value is -1.30. The third-order valence-corrected chi connectivity index (χ3v) is 4.63. The molecule has 2 heterocycles. The van der Waals surface area contributed by atoms with Crippen molar-refractivity contribution < 1.29 is 14.3 Å². The van der Waals surface area contributed by atoms with Crippen LogP contribution in [0.4, 0.5) is 0 Å². The first kappa shape index (κ1) is 16.6. The molecule has 1 unspecified atom stereocenters. The molecule has 1 aromatic rings. The molecule has 2 fully saturated rings. The van der Waals surface area contributed by atoms with Crippen LogP contribution in [0, 0.1) is 0 Å². The summed E-state index contributed by atoms with van der Waals surface area (Å²) in [5.41, 5.74) is 0. The van der Waals surface area contributed by atoms with Gasteiger partial charge >= 0.3 is 0 Å². The Kier molecular flexibility index (Phi) is 5.75. The van der Waals surface area contributed by atoms with Gasteiger partial charge in [0.15, 0.2) is 0 Å². The van der Waals surface area contributed by atoms with Gasteiger partial charge in [0.1, 0.15) is 11.9 Å². The molecule has 1 aromatic carbocycles. The topological polar surface area (TPSA) is 50.8 Å². The predicted molar refractivity (Wildman–Crippen MR) is 88.9 cm³/mol. The van der Waals surface area contributed by atoms with Crippen LogP contribution in [0.1, 0.15) is 19.3 Å². The standard InChI is InChI=1S/C17H23ClN2O3/c18-15-3-1-2-4-16(15)23-14-5-8-20(11-14)12-17(21)19-13-6-9-22-10-7-13/h1-4,13-14H,5-12H2,(H,19,21). The summed E-state index contributed by atoms with van der Waals surface area (Å²) < 4.78 is 11.3. The number of amides is 1. The largest absolute Gasteiger partial charge is 0.487 e. The van der Waals surface area contributed by atoms with Crippen molar-refractivity contribution in [1.82, 2.24) is 10.2 Å². The second-order valence-corrected chi connectivity index (χ2v) is 6.56. The van der Waals surface area contributed by atoms with E-state index < -0.39 is 0 Å². The van der Waals surface area contributed by atoms with Gasteiger partial charge in [0, 0.05) is 32.3 Å². The Morgan fingerprint density at radius 2 is 2.09 bits per heavy atom. The number of benzene rings is 1. The van der Waals surface area contributed by atoms with Crippen LogP contribution in [0.5, 0.6) is 5.75 Å². The van der Waals surface area contributed by atoms with Crippen molar-refractivity contribution in [2.75, 3.05) is 32.8 Å². The highest BCUT2D eigenvalue weighted by Gasteiger charge is 2.26. The minimum absolute atomic E-state index is 0.0887. The van der Waals surface area contributed by atoms with Crippen molar-refractivity contribution in [3.05, 3.63) is 29.3 Å². The quantitative estimate of drug-likeness (QED) is 0.893. The molecule has 0 saturated carbocycles. The van der Waals surface area contributed by atoms with Gasteiger partial charge in [-0.25, -0.2) is 0 Å². The molecule has 1 amide bonds. The summed E-state index contributed by atoms with van der Waals surface area (Å²) in [6.45, 7) is 3.54. The van der Waals surface area contributed by atoms with E-state index in [0.29, 0.717) is 17.3 Å². The van der Waals surface area contributed by atoms with Crippen molar-refractivity contribution in [2.24, 2.45) is 0 Å². The Labute approximate surface area is 141 Å². The van der Waals surface area contributed by atoms with Crippen LogP contribution in [0.25, 0.3) is 0 Å². The van der Waals surface area contributed by atoms with Crippen molar-refractivity contribution in [1.29, 1.82) is 0 Å². The van der Waals surface area contributed by atoms with Crippen LogP contribution in [0.2, 0.25) is 5.02 Å². The van der Waals surface area contributed by atoms with Gasteiger partial charge in [0.25, 0.3) is 0 Å².